The van der Waals surface area contributed by atoms with Gasteiger partial charge in [0.25, 0.3) is 0 Å². The predicted molar refractivity (Wildman–Crippen MR) is 105 cm³/mol. The number of hydrogen-bond donors (Lipinski definition) is 0. The van der Waals surface area contributed by atoms with Crippen molar-refractivity contribution < 1.29 is 14.3 Å². The number of aromatic nitrogens is 1. The van der Waals surface area contributed by atoms with Gasteiger partial charge in [0.15, 0.2) is 5.75 Å². The summed E-state index contributed by atoms with van der Waals surface area (Å²) in [6.45, 7) is 1.32. The molecule has 0 unspecified atom stereocenters. The number of rotatable bonds is 4. The fraction of sp³-hybridized carbons (Fsp3) is 0.100. The largest absolute Gasteiger partial charge is 0.494 e. The maximum Gasteiger partial charge on any atom is 0.308 e. The van der Waals surface area contributed by atoms with Crippen molar-refractivity contribution in [1.29, 1.82) is 0 Å². The van der Waals surface area contributed by atoms with Gasteiger partial charge >= 0.3 is 5.97 Å². The van der Waals surface area contributed by atoms with Crippen molar-refractivity contribution in [3.8, 4) is 11.5 Å². The number of benzene rings is 2. The summed E-state index contributed by atoms with van der Waals surface area (Å²) in [4.78, 5) is 15.9. The monoisotopic (exact) mass is 387 g/mol. The number of para-hydroxylation sites is 1. The van der Waals surface area contributed by atoms with E-state index in [-0.39, 0.29) is 10.8 Å². The molecular weight excluding hydrogens is 373 g/mol. The molecule has 0 spiro atoms. The molecule has 0 aliphatic carbocycles. The molecule has 6 heteroatoms. The lowest BCUT2D eigenvalue weighted by atomic mass is 10.1. The molecule has 0 aliphatic rings. The Hall–Kier alpha value is -2.56. The van der Waals surface area contributed by atoms with Crippen molar-refractivity contribution in [2.24, 2.45) is 0 Å². The number of pyridine rings is 1. The smallest absolute Gasteiger partial charge is 0.308 e. The minimum absolute atomic E-state index is 0.262. The van der Waals surface area contributed by atoms with Gasteiger partial charge in [0, 0.05) is 22.9 Å². The lowest BCUT2D eigenvalue weighted by Gasteiger charge is -2.09. The van der Waals surface area contributed by atoms with Gasteiger partial charge in [0.05, 0.1) is 17.8 Å². The SMILES string of the molecule is COc1cccc2ccc(C=Cc3cc(Cl)cc(Cl)c3OC(C)=O)nc12. The number of ether oxygens (including phenoxy) is 2. The molecule has 0 fully saturated rings. The molecule has 0 N–H and O–H groups in total. The van der Waals surface area contributed by atoms with E-state index in [1.54, 1.807) is 25.3 Å². The van der Waals surface area contributed by atoms with E-state index >= 15 is 0 Å². The molecule has 3 aromatic rings. The Morgan fingerprint density at radius 2 is 1.92 bits per heavy atom. The van der Waals surface area contributed by atoms with Gasteiger partial charge < -0.3 is 9.47 Å². The van der Waals surface area contributed by atoms with Crippen LogP contribution in [0.2, 0.25) is 10.0 Å². The first-order chi connectivity index (χ1) is 12.5. The van der Waals surface area contributed by atoms with Gasteiger partial charge in [0.1, 0.15) is 11.3 Å². The van der Waals surface area contributed by atoms with Crippen molar-refractivity contribution in [3.05, 3.63) is 63.8 Å². The molecule has 26 heavy (non-hydrogen) atoms. The van der Waals surface area contributed by atoms with Crippen molar-refractivity contribution in [3.63, 3.8) is 0 Å². The third-order valence-corrected chi connectivity index (χ3v) is 4.14. The van der Waals surface area contributed by atoms with Crippen LogP contribution >= 0.6 is 23.2 Å². The maximum absolute atomic E-state index is 11.3. The van der Waals surface area contributed by atoms with Crippen molar-refractivity contribution in [1.82, 2.24) is 4.98 Å². The molecule has 4 nitrogen and oxygen atoms in total. The van der Waals surface area contributed by atoms with Crippen LogP contribution in [0.25, 0.3) is 23.1 Å². The summed E-state index contributed by atoms with van der Waals surface area (Å²) in [5, 5.41) is 1.69. The van der Waals surface area contributed by atoms with Crippen LogP contribution in [0.15, 0.2) is 42.5 Å². The molecule has 0 radical (unpaired) electrons. The molecule has 0 saturated heterocycles. The van der Waals surface area contributed by atoms with E-state index in [4.69, 9.17) is 32.7 Å². The molecule has 1 heterocycles. The third kappa shape index (κ3) is 3.98. The zero-order valence-electron chi connectivity index (χ0n) is 14.1. The maximum atomic E-state index is 11.3. The summed E-state index contributed by atoms with van der Waals surface area (Å²) in [6.07, 6.45) is 3.54. The Kier molecular flexibility index (Phi) is 5.45. The molecule has 0 saturated carbocycles. The second kappa shape index (κ2) is 7.77. The Balaban J connectivity index is 2.02. The van der Waals surface area contributed by atoms with Gasteiger partial charge in [-0.15, -0.1) is 0 Å². The molecule has 0 atom stereocenters. The second-order valence-corrected chi connectivity index (χ2v) is 6.34. The zero-order chi connectivity index (χ0) is 18.7. The standard InChI is InChI=1S/C20H15Cl2NO3/c1-12(24)26-20-14(10-15(21)11-17(20)22)7-9-16-8-6-13-4-3-5-18(25-2)19(13)23-16/h3-11H,1-2H3. The van der Waals surface area contributed by atoms with Gasteiger partial charge in [-0.3, -0.25) is 4.79 Å². The highest BCUT2D eigenvalue weighted by Gasteiger charge is 2.11. The van der Waals surface area contributed by atoms with E-state index in [9.17, 15) is 4.79 Å². The van der Waals surface area contributed by atoms with Gasteiger partial charge in [-0.2, -0.15) is 0 Å². The first-order valence-corrected chi connectivity index (χ1v) is 8.53. The Morgan fingerprint density at radius 1 is 1.12 bits per heavy atom. The summed E-state index contributed by atoms with van der Waals surface area (Å²) >= 11 is 12.2. The summed E-state index contributed by atoms with van der Waals surface area (Å²) in [5.74, 6) is 0.500. The van der Waals surface area contributed by atoms with Crippen molar-refractivity contribution in [2.75, 3.05) is 7.11 Å². The number of carbonyl (C=O) groups is 1. The first-order valence-electron chi connectivity index (χ1n) is 7.77. The minimum Gasteiger partial charge on any atom is -0.494 e. The number of carbonyl (C=O) groups excluding carboxylic acids is 1. The highest BCUT2D eigenvalue weighted by Crippen LogP contribution is 2.34. The number of fused-ring (bicyclic) bond motifs is 1. The van der Waals surface area contributed by atoms with E-state index in [1.165, 1.54) is 13.0 Å². The van der Waals surface area contributed by atoms with Gasteiger partial charge in [-0.1, -0.05) is 41.4 Å². The quantitative estimate of drug-likeness (QED) is 0.428. The van der Waals surface area contributed by atoms with Crippen LogP contribution in [0.5, 0.6) is 11.5 Å². The number of nitrogens with zero attached hydrogens (tertiary/aromatic N) is 1. The summed E-state index contributed by atoms with van der Waals surface area (Å²) < 4.78 is 10.6. The highest BCUT2D eigenvalue weighted by atomic mass is 35.5. The topological polar surface area (TPSA) is 48.4 Å². The fourth-order valence-electron chi connectivity index (χ4n) is 2.52. The second-order valence-electron chi connectivity index (χ2n) is 5.50. The highest BCUT2D eigenvalue weighted by molar-refractivity contribution is 6.36. The van der Waals surface area contributed by atoms with Crippen LogP contribution < -0.4 is 9.47 Å². The van der Waals surface area contributed by atoms with Gasteiger partial charge in [-0.25, -0.2) is 4.98 Å². The zero-order valence-corrected chi connectivity index (χ0v) is 15.6. The van der Waals surface area contributed by atoms with Gasteiger partial charge in [-0.05, 0) is 36.4 Å². The molecule has 2 aromatic carbocycles. The number of halogens is 2. The molecule has 3 rings (SSSR count). The third-order valence-electron chi connectivity index (χ3n) is 3.64. The Morgan fingerprint density at radius 3 is 2.65 bits per heavy atom. The van der Waals surface area contributed by atoms with Crippen LogP contribution in [-0.4, -0.2) is 18.1 Å². The average molecular weight is 388 g/mol. The molecule has 0 aliphatic heterocycles. The van der Waals surface area contributed by atoms with Gasteiger partial charge in [0.2, 0.25) is 0 Å². The van der Waals surface area contributed by atoms with E-state index < -0.39 is 5.97 Å². The van der Waals surface area contributed by atoms with E-state index in [2.05, 4.69) is 4.98 Å². The average Bonchev–Trinajstić information content (AvgIpc) is 2.61. The number of methoxy groups -OCH3 is 1. The van der Waals surface area contributed by atoms with Crippen LogP contribution in [-0.2, 0) is 4.79 Å². The van der Waals surface area contributed by atoms with Crippen molar-refractivity contribution in [2.45, 2.75) is 6.92 Å². The Bertz CT molecular complexity index is 1020. The van der Waals surface area contributed by atoms with E-state index in [1.807, 2.05) is 30.3 Å². The first kappa shape index (κ1) is 18.2. The van der Waals surface area contributed by atoms with Crippen LogP contribution in [0, 0.1) is 0 Å². The Labute approximate surface area is 161 Å². The van der Waals surface area contributed by atoms with Crippen LogP contribution in [0.4, 0.5) is 0 Å². The molecule has 132 valence electrons. The lowest BCUT2D eigenvalue weighted by Crippen LogP contribution is -2.03. The molecule has 1 aromatic heterocycles. The molecule has 0 amide bonds. The normalized spacial score (nSPS) is 11.1. The van der Waals surface area contributed by atoms with Crippen LogP contribution in [0.3, 0.4) is 0 Å². The fourth-order valence-corrected chi connectivity index (χ4v) is 3.07. The van der Waals surface area contributed by atoms with Crippen LogP contribution in [0.1, 0.15) is 18.2 Å². The summed E-state index contributed by atoms with van der Waals surface area (Å²) in [5.41, 5.74) is 2.06. The molecular formula is C20H15Cl2NO3. The van der Waals surface area contributed by atoms with Crippen molar-refractivity contribution >= 4 is 52.2 Å². The van der Waals surface area contributed by atoms with E-state index in [0.717, 1.165) is 10.9 Å². The summed E-state index contributed by atoms with van der Waals surface area (Å²) in [6, 6.07) is 12.8. The van der Waals surface area contributed by atoms with E-state index in [0.29, 0.717) is 22.0 Å². The summed E-state index contributed by atoms with van der Waals surface area (Å²) in [7, 11) is 1.61. The number of esters is 1. The lowest BCUT2D eigenvalue weighted by molar-refractivity contribution is -0.131. The number of hydrogen-bond acceptors (Lipinski definition) is 4. The predicted octanol–water partition coefficient (Wildman–Crippen LogP) is 5.65. The molecule has 0 bridgehead atoms. The minimum atomic E-state index is -0.461.